The predicted molar refractivity (Wildman–Crippen MR) is 88.7 cm³/mol. The molecule has 112 valence electrons. The fourth-order valence-electron chi connectivity index (χ4n) is 2.74. The number of aryl methyl sites for hydroxylation is 1. The summed E-state index contributed by atoms with van der Waals surface area (Å²) in [5.74, 6) is 0.754. The smallest absolute Gasteiger partial charge is 0.254 e. The quantitative estimate of drug-likeness (QED) is 0.896. The minimum atomic E-state index is 0. The molecule has 1 aromatic rings. The number of amides is 1. The summed E-state index contributed by atoms with van der Waals surface area (Å²) in [7, 11) is 1.97. The molecule has 2 rings (SSSR count). The van der Waals surface area contributed by atoms with Gasteiger partial charge in [-0.05, 0) is 63.0 Å². The van der Waals surface area contributed by atoms with Crippen molar-refractivity contribution in [2.45, 2.75) is 19.8 Å². The van der Waals surface area contributed by atoms with Gasteiger partial charge in [0.1, 0.15) is 0 Å². The largest absolute Gasteiger partial charge is 0.338 e. The van der Waals surface area contributed by atoms with E-state index >= 15 is 0 Å². The summed E-state index contributed by atoms with van der Waals surface area (Å²) in [6.07, 6.45) is 2.32. The molecule has 1 unspecified atom stereocenters. The summed E-state index contributed by atoms with van der Waals surface area (Å²) in [4.78, 5) is 14.6. The van der Waals surface area contributed by atoms with Crippen molar-refractivity contribution in [3.63, 3.8) is 0 Å². The van der Waals surface area contributed by atoms with Gasteiger partial charge in [-0.2, -0.15) is 0 Å². The highest BCUT2D eigenvalue weighted by atomic mass is 79.9. The van der Waals surface area contributed by atoms with Crippen LogP contribution in [-0.4, -0.2) is 37.5 Å². The number of benzene rings is 1. The molecular formula is C15H22BrClN2O. The third-order valence-electron chi connectivity index (χ3n) is 3.72. The average molecular weight is 362 g/mol. The monoisotopic (exact) mass is 360 g/mol. The molecule has 1 atom stereocenters. The van der Waals surface area contributed by atoms with Gasteiger partial charge in [-0.1, -0.05) is 15.9 Å². The van der Waals surface area contributed by atoms with E-state index < -0.39 is 0 Å². The Hall–Kier alpha value is -0.580. The van der Waals surface area contributed by atoms with E-state index in [9.17, 15) is 4.79 Å². The molecule has 1 aliphatic heterocycles. The Labute approximate surface area is 135 Å². The van der Waals surface area contributed by atoms with E-state index in [-0.39, 0.29) is 18.3 Å². The van der Waals surface area contributed by atoms with Gasteiger partial charge in [0, 0.05) is 23.1 Å². The van der Waals surface area contributed by atoms with Gasteiger partial charge in [0.05, 0.1) is 0 Å². The van der Waals surface area contributed by atoms with Crippen LogP contribution in [0, 0.1) is 12.8 Å². The number of nitrogens with zero attached hydrogens (tertiary/aromatic N) is 1. The van der Waals surface area contributed by atoms with E-state index in [1.165, 1.54) is 6.42 Å². The van der Waals surface area contributed by atoms with Gasteiger partial charge in [-0.25, -0.2) is 0 Å². The Morgan fingerprint density at radius 3 is 2.90 bits per heavy atom. The topological polar surface area (TPSA) is 32.3 Å². The second kappa shape index (κ2) is 8.01. The molecule has 1 aliphatic rings. The normalized spacial score (nSPS) is 18.6. The molecule has 1 saturated heterocycles. The van der Waals surface area contributed by atoms with E-state index in [0.717, 1.165) is 41.7 Å². The van der Waals surface area contributed by atoms with Crippen LogP contribution in [0.1, 0.15) is 28.8 Å². The van der Waals surface area contributed by atoms with Crippen LogP contribution in [0.15, 0.2) is 22.7 Å². The van der Waals surface area contributed by atoms with Crippen molar-refractivity contribution < 1.29 is 4.79 Å². The lowest BCUT2D eigenvalue weighted by Gasteiger charge is -2.33. The molecule has 1 fully saturated rings. The summed E-state index contributed by atoms with van der Waals surface area (Å²) in [5, 5.41) is 3.21. The van der Waals surface area contributed by atoms with Crippen LogP contribution in [0.25, 0.3) is 0 Å². The number of carbonyl (C=O) groups excluding carboxylic acids is 1. The van der Waals surface area contributed by atoms with Crippen LogP contribution in [0.3, 0.4) is 0 Å². The van der Waals surface area contributed by atoms with Crippen molar-refractivity contribution in [2.24, 2.45) is 5.92 Å². The highest BCUT2D eigenvalue weighted by Crippen LogP contribution is 2.21. The zero-order chi connectivity index (χ0) is 13.8. The maximum Gasteiger partial charge on any atom is 0.254 e. The first-order valence-corrected chi connectivity index (χ1v) is 7.61. The fourth-order valence-corrected chi connectivity index (χ4v) is 3.22. The molecule has 20 heavy (non-hydrogen) atoms. The van der Waals surface area contributed by atoms with Gasteiger partial charge < -0.3 is 10.2 Å². The third-order valence-corrected chi connectivity index (χ3v) is 4.21. The molecule has 0 saturated carbocycles. The van der Waals surface area contributed by atoms with E-state index in [0.29, 0.717) is 5.92 Å². The molecule has 0 bridgehead atoms. The average Bonchev–Trinajstić information content (AvgIpc) is 2.39. The Balaban J connectivity index is 0.00000200. The minimum Gasteiger partial charge on any atom is -0.338 e. The van der Waals surface area contributed by atoms with Gasteiger partial charge in [0.15, 0.2) is 0 Å². The fraction of sp³-hybridized carbons (Fsp3) is 0.533. The lowest BCUT2D eigenvalue weighted by molar-refractivity contribution is 0.0673. The Kier molecular flexibility index (Phi) is 7.00. The van der Waals surface area contributed by atoms with Crippen LogP contribution in [0.5, 0.6) is 0 Å². The number of hydrogen-bond acceptors (Lipinski definition) is 2. The summed E-state index contributed by atoms with van der Waals surface area (Å²) in [6.45, 7) is 4.74. The summed E-state index contributed by atoms with van der Waals surface area (Å²) >= 11 is 3.44. The van der Waals surface area contributed by atoms with Crippen LogP contribution in [-0.2, 0) is 0 Å². The van der Waals surface area contributed by atoms with E-state index in [1.807, 2.05) is 37.1 Å². The lowest BCUT2D eigenvalue weighted by Crippen LogP contribution is -2.42. The van der Waals surface area contributed by atoms with Crippen molar-refractivity contribution in [3.8, 4) is 0 Å². The summed E-state index contributed by atoms with van der Waals surface area (Å²) in [6, 6.07) is 5.86. The molecule has 0 aromatic heterocycles. The molecule has 0 radical (unpaired) electrons. The SMILES string of the molecule is CNCC1CCCN(C(=O)c2ccc(Br)cc2C)C1.Cl. The Morgan fingerprint density at radius 2 is 2.25 bits per heavy atom. The zero-order valence-corrected chi connectivity index (χ0v) is 14.4. The van der Waals surface area contributed by atoms with E-state index in [1.54, 1.807) is 0 Å². The molecule has 3 nitrogen and oxygen atoms in total. The van der Waals surface area contributed by atoms with Gasteiger partial charge in [-0.15, -0.1) is 12.4 Å². The number of likely N-dealkylation sites (tertiary alicyclic amines) is 1. The summed E-state index contributed by atoms with van der Waals surface area (Å²) in [5.41, 5.74) is 1.86. The van der Waals surface area contributed by atoms with Crippen molar-refractivity contribution in [1.29, 1.82) is 0 Å². The molecular weight excluding hydrogens is 340 g/mol. The lowest BCUT2D eigenvalue weighted by atomic mass is 9.97. The number of rotatable bonds is 3. The molecule has 5 heteroatoms. The third kappa shape index (κ3) is 4.21. The molecule has 1 amide bonds. The van der Waals surface area contributed by atoms with Crippen LogP contribution in [0.4, 0.5) is 0 Å². The maximum absolute atomic E-state index is 12.6. The second-order valence-electron chi connectivity index (χ2n) is 5.28. The Morgan fingerprint density at radius 1 is 1.50 bits per heavy atom. The molecule has 1 N–H and O–H groups in total. The number of carbonyl (C=O) groups is 1. The molecule has 1 heterocycles. The first kappa shape index (κ1) is 17.5. The highest BCUT2D eigenvalue weighted by Gasteiger charge is 2.24. The molecule has 0 spiro atoms. The maximum atomic E-state index is 12.6. The highest BCUT2D eigenvalue weighted by molar-refractivity contribution is 9.10. The minimum absolute atomic E-state index is 0. The van der Waals surface area contributed by atoms with Gasteiger partial charge >= 0.3 is 0 Å². The number of halogens is 2. The number of piperidine rings is 1. The van der Waals surface area contributed by atoms with E-state index in [2.05, 4.69) is 21.2 Å². The number of hydrogen-bond donors (Lipinski definition) is 1. The zero-order valence-electron chi connectivity index (χ0n) is 12.0. The standard InChI is InChI=1S/C15H21BrN2O.ClH/c1-11-8-13(16)5-6-14(11)15(19)18-7-3-4-12(10-18)9-17-2;/h5-6,8,12,17H,3-4,7,9-10H2,1-2H3;1H. The van der Waals surface area contributed by atoms with Crippen LogP contribution >= 0.6 is 28.3 Å². The van der Waals surface area contributed by atoms with Crippen LogP contribution in [0.2, 0.25) is 0 Å². The van der Waals surface area contributed by atoms with E-state index in [4.69, 9.17) is 0 Å². The van der Waals surface area contributed by atoms with Crippen molar-refractivity contribution in [1.82, 2.24) is 10.2 Å². The van der Waals surface area contributed by atoms with Crippen molar-refractivity contribution in [3.05, 3.63) is 33.8 Å². The van der Waals surface area contributed by atoms with Gasteiger partial charge in [-0.3, -0.25) is 4.79 Å². The first-order valence-electron chi connectivity index (χ1n) is 6.82. The first-order chi connectivity index (χ1) is 9.11. The molecule has 0 aliphatic carbocycles. The predicted octanol–water partition coefficient (Wildman–Crippen LogP) is 3.25. The second-order valence-corrected chi connectivity index (χ2v) is 6.19. The number of nitrogens with one attached hydrogen (secondary N) is 1. The van der Waals surface area contributed by atoms with Crippen LogP contribution < -0.4 is 5.32 Å². The molecule has 1 aromatic carbocycles. The van der Waals surface area contributed by atoms with Gasteiger partial charge in [0.2, 0.25) is 0 Å². The van der Waals surface area contributed by atoms with Gasteiger partial charge in [0.25, 0.3) is 5.91 Å². The van der Waals surface area contributed by atoms with Crippen molar-refractivity contribution >= 4 is 34.2 Å². The Bertz CT molecular complexity index is 465. The summed E-state index contributed by atoms with van der Waals surface area (Å²) < 4.78 is 1.02. The van der Waals surface area contributed by atoms with Crippen molar-refractivity contribution in [2.75, 3.05) is 26.7 Å².